The Morgan fingerprint density at radius 3 is 2.50 bits per heavy atom. The summed E-state index contributed by atoms with van der Waals surface area (Å²) < 4.78 is 25.8. The van der Waals surface area contributed by atoms with Gasteiger partial charge >= 0.3 is 0 Å². The minimum absolute atomic E-state index is 0.187. The third-order valence-corrected chi connectivity index (χ3v) is 4.26. The molecule has 0 spiro atoms. The van der Waals surface area contributed by atoms with Crippen LogP contribution >= 0.6 is 0 Å². The molecule has 1 saturated carbocycles. The van der Waals surface area contributed by atoms with Crippen LogP contribution in [-0.4, -0.2) is 33.8 Å². The number of nitrogens with one attached hydrogen (secondary N) is 2. The average Bonchev–Trinajstić information content (AvgIpc) is 2.09. The maximum atomic E-state index is 11.6. The number of sulfonamides is 1. The van der Waals surface area contributed by atoms with E-state index in [0.717, 1.165) is 6.54 Å². The van der Waals surface area contributed by atoms with E-state index in [-0.39, 0.29) is 5.75 Å². The van der Waals surface area contributed by atoms with E-state index in [9.17, 15) is 8.42 Å². The lowest BCUT2D eigenvalue weighted by Gasteiger charge is -2.25. The van der Waals surface area contributed by atoms with E-state index in [1.54, 1.807) is 0 Å². The van der Waals surface area contributed by atoms with E-state index >= 15 is 0 Å². The zero-order valence-corrected chi connectivity index (χ0v) is 11.1. The predicted molar refractivity (Wildman–Crippen MR) is 66.8 cm³/mol. The highest BCUT2D eigenvalue weighted by atomic mass is 32.2. The Kier molecular flexibility index (Phi) is 5.72. The van der Waals surface area contributed by atoms with Crippen LogP contribution in [0.5, 0.6) is 0 Å². The van der Waals surface area contributed by atoms with Gasteiger partial charge in [-0.3, -0.25) is 0 Å². The molecule has 0 aromatic heterocycles. The second-order valence-electron chi connectivity index (χ2n) is 5.06. The first kappa shape index (κ1) is 13.9. The van der Waals surface area contributed by atoms with Gasteiger partial charge in [0.05, 0.1) is 5.75 Å². The molecule has 16 heavy (non-hydrogen) atoms. The van der Waals surface area contributed by atoms with Crippen LogP contribution in [0.1, 0.15) is 33.1 Å². The molecule has 96 valence electrons. The van der Waals surface area contributed by atoms with Crippen molar-refractivity contribution in [1.29, 1.82) is 0 Å². The Bertz CT molecular complexity index is 284. The summed E-state index contributed by atoms with van der Waals surface area (Å²) in [6.45, 7) is 6.26. The van der Waals surface area contributed by atoms with Gasteiger partial charge in [0.1, 0.15) is 0 Å². The molecule has 4 nitrogen and oxygen atoms in total. The van der Waals surface area contributed by atoms with E-state index in [1.165, 1.54) is 19.3 Å². The second kappa shape index (κ2) is 6.57. The third kappa shape index (κ3) is 5.82. The standard InChI is InChI=1S/C11H24N2O2S/c1-10(2)8-12-6-7-16(14,15)13-9-11-4-3-5-11/h10-13H,3-9H2,1-2H3. The van der Waals surface area contributed by atoms with Crippen molar-refractivity contribution in [2.75, 3.05) is 25.4 Å². The molecule has 1 rings (SSSR count). The molecular weight excluding hydrogens is 224 g/mol. The van der Waals surface area contributed by atoms with Crippen molar-refractivity contribution in [1.82, 2.24) is 10.0 Å². The molecule has 1 aliphatic carbocycles. The van der Waals surface area contributed by atoms with E-state index in [1.807, 2.05) is 0 Å². The van der Waals surface area contributed by atoms with Crippen LogP contribution in [0.25, 0.3) is 0 Å². The predicted octanol–water partition coefficient (Wildman–Crippen LogP) is 0.952. The van der Waals surface area contributed by atoms with Crippen molar-refractivity contribution in [2.24, 2.45) is 11.8 Å². The van der Waals surface area contributed by atoms with Gasteiger partial charge < -0.3 is 5.32 Å². The van der Waals surface area contributed by atoms with Crippen molar-refractivity contribution >= 4 is 10.0 Å². The van der Waals surface area contributed by atoms with Crippen LogP contribution in [0, 0.1) is 11.8 Å². The summed E-state index contributed by atoms with van der Waals surface area (Å²) in [5, 5.41) is 3.14. The summed E-state index contributed by atoms with van der Waals surface area (Å²) in [5.41, 5.74) is 0. The molecule has 0 saturated heterocycles. The lowest BCUT2D eigenvalue weighted by molar-refractivity contribution is 0.316. The fourth-order valence-corrected chi connectivity index (χ4v) is 2.66. The first-order valence-electron chi connectivity index (χ1n) is 6.17. The van der Waals surface area contributed by atoms with Crippen LogP contribution in [0.4, 0.5) is 0 Å². The maximum Gasteiger partial charge on any atom is 0.212 e. The Balaban J connectivity index is 2.08. The quantitative estimate of drug-likeness (QED) is 0.629. The van der Waals surface area contributed by atoms with Crippen molar-refractivity contribution in [3.05, 3.63) is 0 Å². The molecule has 0 aliphatic heterocycles. The van der Waals surface area contributed by atoms with E-state index in [2.05, 4.69) is 23.9 Å². The van der Waals surface area contributed by atoms with Gasteiger partial charge in [0.2, 0.25) is 10.0 Å². The van der Waals surface area contributed by atoms with E-state index in [4.69, 9.17) is 0 Å². The highest BCUT2D eigenvalue weighted by Gasteiger charge is 2.19. The first-order valence-corrected chi connectivity index (χ1v) is 7.83. The van der Waals surface area contributed by atoms with Gasteiger partial charge in [-0.15, -0.1) is 0 Å². The van der Waals surface area contributed by atoms with Crippen molar-refractivity contribution in [3.63, 3.8) is 0 Å². The molecule has 0 amide bonds. The SMILES string of the molecule is CC(C)CNCCS(=O)(=O)NCC1CCC1. The Morgan fingerprint density at radius 2 is 2.00 bits per heavy atom. The topological polar surface area (TPSA) is 58.2 Å². The summed E-state index contributed by atoms with van der Waals surface area (Å²) in [7, 11) is -3.06. The van der Waals surface area contributed by atoms with Gasteiger partial charge in [0.25, 0.3) is 0 Å². The van der Waals surface area contributed by atoms with Crippen molar-refractivity contribution in [2.45, 2.75) is 33.1 Å². The number of hydrogen-bond donors (Lipinski definition) is 2. The van der Waals surface area contributed by atoms with Gasteiger partial charge in [0.15, 0.2) is 0 Å². The van der Waals surface area contributed by atoms with E-state index in [0.29, 0.717) is 24.9 Å². The minimum atomic E-state index is -3.06. The van der Waals surface area contributed by atoms with Crippen molar-refractivity contribution in [3.8, 4) is 0 Å². The average molecular weight is 248 g/mol. The molecule has 1 aliphatic rings. The van der Waals surface area contributed by atoms with Gasteiger partial charge in [-0.2, -0.15) is 0 Å². The third-order valence-electron chi connectivity index (χ3n) is 2.92. The molecule has 5 heteroatoms. The summed E-state index contributed by atoms with van der Waals surface area (Å²) in [4.78, 5) is 0. The molecule has 0 heterocycles. The Morgan fingerprint density at radius 1 is 1.31 bits per heavy atom. The second-order valence-corrected chi connectivity index (χ2v) is 6.99. The Labute approximate surface area is 99.2 Å². The van der Waals surface area contributed by atoms with Gasteiger partial charge in [-0.1, -0.05) is 20.3 Å². The fraction of sp³-hybridized carbons (Fsp3) is 1.00. The number of rotatable bonds is 8. The Hall–Kier alpha value is -0.130. The molecule has 0 aromatic rings. The lowest BCUT2D eigenvalue weighted by atomic mass is 9.86. The summed E-state index contributed by atoms with van der Waals surface area (Å²) in [5.74, 6) is 1.33. The van der Waals surface area contributed by atoms with Gasteiger partial charge in [-0.25, -0.2) is 13.1 Å². The molecule has 2 N–H and O–H groups in total. The van der Waals surface area contributed by atoms with Gasteiger partial charge in [0, 0.05) is 13.1 Å². The zero-order valence-electron chi connectivity index (χ0n) is 10.3. The molecule has 0 unspecified atom stereocenters. The minimum Gasteiger partial charge on any atom is -0.315 e. The zero-order chi connectivity index (χ0) is 12.0. The molecule has 1 fully saturated rings. The van der Waals surface area contributed by atoms with Gasteiger partial charge in [-0.05, 0) is 31.2 Å². The molecule has 0 radical (unpaired) electrons. The molecular formula is C11H24N2O2S. The van der Waals surface area contributed by atoms with E-state index < -0.39 is 10.0 Å². The smallest absolute Gasteiger partial charge is 0.212 e. The van der Waals surface area contributed by atoms with Crippen LogP contribution in [0.3, 0.4) is 0 Å². The molecule has 0 aromatic carbocycles. The molecule has 0 bridgehead atoms. The van der Waals surface area contributed by atoms with Crippen molar-refractivity contribution < 1.29 is 8.42 Å². The normalized spacial score (nSPS) is 17.7. The fourth-order valence-electron chi connectivity index (χ4n) is 1.61. The highest BCUT2D eigenvalue weighted by Crippen LogP contribution is 2.25. The monoisotopic (exact) mass is 248 g/mol. The lowest BCUT2D eigenvalue weighted by Crippen LogP contribution is -2.37. The highest BCUT2D eigenvalue weighted by molar-refractivity contribution is 7.89. The van der Waals surface area contributed by atoms with Crippen LogP contribution in [0.15, 0.2) is 0 Å². The van der Waals surface area contributed by atoms with Crippen LogP contribution in [0.2, 0.25) is 0 Å². The van der Waals surface area contributed by atoms with Crippen LogP contribution in [-0.2, 0) is 10.0 Å². The summed E-state index contributed by atoms with van der Waals surface area (Å²) in [6.07, 6.45) is 3.60. The molecule has 0 atom stereocenters. The number of hydrogen-bond acceptors (Lipinski definition) is 3. The first-order chi connectivity index (χ1) is 7.49. The summed E-state index contributed by atoms with van der Waals surface area (Å²) in [6, 6.07) is 0. The van der Waals surface area contributed by atoms with Crippen LogP contribution < -0.4 is 10.0 Å². The summed E-state index contributed by atoms with van der Waals surface area (Å²) >= 11 is 0. The maximum absolute atomic E-state index is 11.6. The largest absolute Gasteiger partial charge is 0.315 e.